The molecule has 21 heavy (non-hydrogen) atoms. The fourth-order valence-electron chi connectivity index (χ4n) is 2.37. The monoisotopic (exact) mass is 304 g/mol. The second-order valence-corrected chi connectivity index (χ2v) is 5.46. The zero-order valence-corrected chi connectivity index (χ0v) is 12.4. The number of nitrogen functional groups attached to an aromatic ring is 1. The molecule has 0 radical (unpaired) electrons. The van der Waals surface area contributed by atoms with E-state index in [1.165, 1.54) is 6.07 Å². The first kappa shape index (κ1) is 13.8. The Labute approximate surface area is 126 Å². The van der Waals surface area contributed by atoms with Crippen LogP contribution >= 0.6 is 11.6 Å². The Bertz CT molecular complexity index is 828. The maximum Gasteiger partial charge on any atom is 0.203 e. The van der Waals surface area contributed by atoms with Gasteiger partial charge in [0.05, 0.1) is 11.1 Å². The first-order valence-corrected chi connectivity index (χ1v) is 6.90. The first-order valence-electron chi connectivity index (χ1n) is 6.52. The average molecular weight is 305 g/mol. The summed E-state index contributed by atoms with van der Waals surface area (Å²) < 4.78 is 15.5. The van der Waals surface area contributed by atoms with Gasteiger partial charge in [-0.15, -0.1) is 0 Å². The maximum absolute atomic E-state index is 13.8. The van der Waals surface area contributed by atoms with Gasteiger partial charge in [-0.25, -0.2) is 14.4 Å². The van der Waals surface area contributed by atoms with Crippen LogP contribution in [-0.2, 0) is 0 Å². The van der Waals surface area contributed by atoms with Crippen molar-refractivity contribution in [2.45, 2.75) is 19.9 Å². The van der Waals surface area contributed by atoms with Crippen molar-refractivity contribution in [3.05, 3.63) is 52.4 Å². The minimum atomic E-state index is -0.238. The number of hydrogen-bond donors (Lipinski definition) is 1. The largest absolute Gasteiger partial charge is 0.369 e. The first-order chi connectivity index (χ1) is 9.97. The summed E-state index contributed by atoms with van der Waals surface area (Å²) in [6, 6.07) is 6.67. The van der Waals surface area contributed by atoms with Crippen molar-refractivity contribution < 1.29 is 4.39 Å². The highest BCUT2D eigenvalue weighted by atomic mass is 35.5. The number of imidazole rings is 1. The number of aryl methyl sites for hydroxylation is 1. The lowest BCUT2D eigenvalue weighted by Crippen LogP contribution is -2.11. The highest BCUT2D eigenvalue weighted by Gasteiger charge is 2.17. The lowest BCUT2D eigenvalue weighted by molar-refractivity contribution is 0.603. The molecule has 2 aromatic heterocycles. The lowest BCUT2D eigenvalue weighted by atomic mass is 10.1. The van der Waals surface area contributed by atoms with Crippen LogP contribution in [0.5, 0.6) is 0 Å². The topological polar surface area (TPSA) is 56.7 Å². The minimum absolute atomic E-state index is 0.182. The van der Waals surface area contributed by atoms with Crippen molar-refractivity contribution in [3.63, 3.8) is 0 Å². The van der Waals surface area contributed by atoms with Crippen LogP contribution in [0.2, 0.25) is 5.02 Å². The molecule has 6 heteroatoms. The van der Waals surface area contributed by atoms with E-state index in [1.807, 2.05) is 13.0 Å². The number of benzene rings is 1. The Morgan fingerprint density at radius 3 is 2.81 bits per heavy atom. The molecule has 0 bridgehead atoms. The molecule has 2 heterocycles. The molecule has 0 aliphatic heterocycles. The molecule has 0 saturated carbocycles. The molecule has 1 unspecified atom stereocenters. The second kappa shape index (κ2) is 5.00. The Hall–Kier alpha value is -2.14. The van der Waals surface area contributed by atoms with Crippen molar-refractivity contribution in [1.29, 1.82) is 0 Å². The van der Waals surface area contributed by atoms with E-state index in [0.717, 1.165) is 5.56 Å². The molecule has 108 valence electrons. The predicted octanol–water partition coefficient (Wildman–Crippen LogP) is 3.72. The van der Waals surface area contributed by atoms with Crippen molar-refractivity contribution in [3.8, 4) is 0 Å². The van der Waals surface area contributed by atoms with E-state index in [4.69, 9.17) is 17.3 Å². The molecule has 0 amide bonds. The zero-order chi connectivity index (χ0) is 15.1. The molecule has 0 aliphatic rings. The average Bonchev–Trinajstić information content (AvgIpc) is 2.76. The van der Waals surface area contributed by atoms with Gasteiger partial charge in [0.25, 0.3) is 0 Å². The number of nitrogens with two attached hydrogens (primary N) is 1. The van der Waals surface area contributed by atoms with E-state index >= 15 is 0 Å². The van der Waals surface area contributed by atoms with Crippen LogP contribution < -0.4 is 5.73 Å². The Morgan fingerprint density at radius 2 is 2.10 bits per heavy atom. The van der Waals surface area contributed by atoms with Crippen LogP contribution in [0.4, 0.5) is 10.3 Å². The van der Waals surface area contributed by atoms with Crippen LogP contribution in [0.1, 0.15) is 24.1 Å². The maximum atomic E-state index is 13.8. The number of nitrogens with zero attached hydrogens (tertiary/aromatic N) is 3. The molecule has 1 atom stereocenters. The molecule has 2 N–H and O–H groups in total. The molecule has 0 saturated heterocycles. The summed E-state index contributed by atoms with van der Waals surface area (Å²) in [7, 11) is 0. The van der Waals surface area contributed by atoms with E-state index < -0.39 is 0 Å². The number of anilines is 1. The number of fused-ring (bicyclic) bond motifs is 1. The smallest absolute Gasteiger partial charge is 0.203 e. The van der Waals surface area contributed by atoms with E-state index in [-0.39, 0.29) is 11.9 Å². The third-order valence-corrected chi connectivity index (χ3v) is 3.80. The Kier molecular flexibility index (Phi) is 3.29. The fraction of sp³-hybridized carbons (Fsp3) is 0.200. The Morgan fingerprint density at radius 1 is 1.33 bits per heavy atom. The van der Waals surface area contributed by atoms with E-state index in [2.05, 4.69) is 9.97 Å². The summed E-state index contributed by atoms with van der Waals surface area (Å²) in [4.78, 5) is 8.54. The Balaban J connectivity index is 2.14. The summed E-state index contributed by atoms with van der Waals surface area (Å²) in [5.74, 6) is 0.0894. The van der Waals surface area contributed by atoms with Gasteiger partial charge in [0.1, 0.15) is 11.3 Å². The standard InChI is InChI=1S/C15H14ClFN4/c1-8-3-4-10(5-12(8)17)9(2)21-14-13(20-15(21)18)6-11(16)7-19-14/h3-7,9H,1-2H3,(H2,18,20). The SMILES string of the molecule is Cc1ccc(C(C)n2c(N)nc3cc(Cl)cnc32)cc1F. The number of aromatic nitrogens is 3. The van der Waals surface area contributed by atoms with Gasteiger partial charge >= 0.3 is 0 Å². The summed E-state index contributed by atoms with van der Waals surface area (Å²) in [6.07, 6.45) is 1.55. The third-order valence-electron chi connectivity index (χ3n) is 3.59. The van der Waals surface area contributed by atoms with Gasteiger partial charge < -0.3 is 5.73 Å². The van der Waals surface area contributed by atoms with Gasteiger partial charge in [-0.1, -0.05) is 23.7 Å². The fourth-order valence-corrected chi connectivity index (χ4v) is 2.53. The predicted molar refractivity (Wildman–Crippen MR) is 81.9 cm³/mol. The zero-order valence-electron chi connectivity index (χ0n) is 11.6. The van der Waals surface area contributed by atoms with Crippen molar-refractivity contribution in [2.75, 3.05) is 5.73 Å². The highest BCUT2D eigenvalue weighted by Crippen LogP contribution is 2.28. The van der Waals surface area contributed by atoms with Crippen molar-refractivity contribution in [1.82, 2.24) is 14.5 Å². The quantitative estimate of drug-likeness (QED) is 0.785. The van der Waals surface area contributed by atoms with Gasteiger partial charge in [0, 0.05) is 6.20 Å². The minimum Gasteiger partial charge on any atom is -0.369 e. The van der Waals surface area contributed by atoms with Crippen LogP contribution in [-0.4, -0.2) is 14.5 Å². The van der Waals surface area contributed by atoms with Gasteiger partial charge in [-0.2, -0.15) is 0 Å². The molecule has 4 nitrogen and oxygen atoms in total. The van der Waals surface area contributed by atoms with Crippen LogP contribution in [0.3, 0.4) is 0 Å². The molecular formula is C15H14ClFN4. The molecule has 0 fully saturated rings. The van der Waals surface area contributed by atoms with Crippen LogP contribution in [0.25, 0.3) is 11.2 Å². The van der Waals surface area contributed by atoms with Crippen molar-refractivity contribution in [2.24, 2.45) is 0 Å². The van der Waals surface area contributed by atoms with Crippen LogP contribution in [0, 0.1) is 12.7 Å². The molecule has 0 aliphatic carbocycles. The molecule has 0 spiro atoms. The summed E-state index contributed by atoms with van der Waals surface area (Å²) in [5, 5.41) is 0.501. The van der Waals surface area contributed by atoms with E-state index in [1.54, 1.807) is 29.8 Å². The van der Waals surface area contributed by atoms with Gasteiger partial charge in [-0.3, -0.25) is 4.57 Å². The second-order valence-electron chi connectivity index (χ2n) is 5.02. The van der Waals surface area contributed by atoms with Gasteiger partial charge in [0.2, 0.25) is 5.95 Å². The van der Waals surface area contributed by atoms with E-state index in [9.17, 15) is 4.39 Å². The van der Waals surface area contributed by atoms with Crippen LogP contribution in [0.15, 0.2) is 30.5 Å². The number of pyridine rings is 1. The summed E-state index contributed by atoms with van der Waals surface area (Å²) in [5.41, 5.74) is 8.66. The number of halogens is 2. The molecule has 3 aromatic rings. The number of hydrogen-bond acceptors (Lipinski definition) is 3. The van der Waals surface area contributed by atoms with Gasteiger partial charge in [-0.05, 0) is 37.1 Å². The van der Waals surface area contributed by atoms with Crippen molar-refractivity contribution >= 4 is 28.7 Å². The van der Waals surface area contributed by atoms with E-state index in [0.29, 0.717) is 27.7 Å². The summed E-state index contributed by atoms with van der Waals surface area (Å²) >= 11 is 5.91. The van der Waals surface area contributed by atoms with Gasteiger partial charge in [0.15, 0.2) is 5.65 Å². The highest BCUT2D eigenvalue weighted by molar-refractivity contribution is 6.31. The third kappa shape index (κ3) is 2.34. The summed E-state index contributed by atoms with van der Waals surface area (Å²) in [6.45, 7) is 3.66. The lowest BCUT2D eigenvalue weighted by Gasteiger charge is -2.16. The number of rotatable bonds is 2. The molecule has 3 rings (SSSR count). The molecular weight excluding hydrogens is 291 g/mol. The normalized spacial score (nSPS) is 12.8. The molecule has 1 aromatic carbocycles.